The molecule has 0 aliphatic rings. The van der Waals surface area contributed by atoms with Crippen molar-refractivity contribution in [3.05, 3.63) is 63.5 Å². The molecule has 36 heavy (non-hydrogen) atoms. The van der Waals surface area contributed by atoms with Crippen LogP contribution in [0.15, 0.2) is 47.8 Å². The molecule has 3 N–H and O–H groups in total. The summed E-state index contributed by atoms with van der Waals surface area (Å²) >= 11 is 13.3. The largest absolute Gasteiger partial charge is 0.444 e. The molecule has 1 aromatic heterocycles. The lowest BCUT2D eigenvalue weighted by Gasteiger charge is -2.18. The Morgan fingerprint density at radius 2 is 1.97 bits per heavy atom. The predicted molar refractivity (Wildman–Crippen MR) is 143 cm³/mol. The van der Waals surface area contributed by atoms with E-state index in [1.54, 1.807) is 36.4 Å². The third-order valence-electron chi connectivity index (χ3n) is 4.93. The number of ether oxygens (including phenoxy) is 1. The minimum absolute atomic E-state index is 0.0447. The molecule has 2 amide bonds. The van der Waals surface area contributed by atoms with Crippen LogP contribution in [0.4, 0.5) is 15.6 Å². The van der Waals surface area contributed by atoms with Crippen molar-refractivity contribution in [2.75, 3.05) is 17.2 Å². The van der Waals surface area contributed by atoms with Crippen LogP contribution in [0, 0.1) is 17.2 Å². The van der Waals surface area contributed by atoms with E-state index < -0.39 is 12.1 Å². The van der Waals surface area contributed by atoms with E-state index in [2.05, 4.69) is 20.9 Å². The number of nitrogens with zero attached hydrogens (tertiary/aromatic N) is 2. The third kappa shape index (κ3) is 8.12. The molecule has 0 fully saturated rings. The van der Waals surface area contributed by atoms with Gasteiger partial charge in [0.2, 0.25) is 5.91 Å². The average molecular weight is 546 g/mol. The van der Waals surface area contributed by atoms with Crippen molar-refractivity contribution in [1.29, 1.82) is 5.26 Å². The zero-order chi connectivity index (χ0) is 26.1. The molecule has 11 heteroatoms. The molecular formula is C25H25Cl2N5O3S. The Labute approximate surface area is 223 Å². The molecule has 0 aliphatic carbocycles. The van der Waals surface area contributed by atoms with Crippen molar-refractivity contribution >= 4 is 57.4 Å². The fraction of sp³-hybridized carbons (Fsp3) is 0.280. The molecule has 1 atom stereocenters. The van der Waals surface area contributed by atoms with Crippen LogP contribution in [-0.4, -0.2) is 29.6 Å². The topological polar surface area (TPSA) is 116 Å². The van der Waals surface area contributed by atoms with E-state index in [9.17, 15) is 9.59 Å². The average Bonchev–Trinajstić information content (AvgIpc) is 3.31. The van der Waals surface area contributed by atoms with E-state index in [-0.39, 0.29) is 25.0 Å². The molecule has 3 rings (SSSR count). The summed E-state index contributed by atoms with van der Waals surface area (Å²) in [6.45, 7) is 4.04. The van der Waals surface area contributed by atoms with Gasteiger partial charge in [0, 0.05) is 16.6 Å². The van der Waals surface area contributed by atoms with E-state index in [0.717, 1.165) is 5.56 Å². The maximum atomic E-state index is 12.4. The van der Waals surface area contributed by atoms with Crippen molar-refractivity contribution in [2.45, 2.75) is 32.9 Å². The summed E-state index contributed by atoms with van der Waals surface area (Å²) in [5, 5.41) is 20.5. The second-order valence-corrected chi connectivity index (χ2v) is 9.94. The highest BCUT2D eigenvalue weighted by atomic mass is 35.5. The van der Waals surface area contributed by atoms with Gasteiger partial charge in [-0.2, -0.15) is 5.26 Å². The summed E-state index contributed by atoms with van der Waals surface area (Å²) < 4.78 is 5.27. The zero-order valence-electron chi connectivity index (χ0n) is 19.7. The van der Waals surface area contributed by atoms with E-state index in [0.29, 0.717) is 38.5 Å². The highest BCUT2D eigenvalue weighted by Crippen LogP contribution is 2.28. The second-order valence-electron chi connectivity index (χ2n) is 8.27. The molecule has 0 radical (unpaired) electrons. The fourth-order valence-electron chi connectivity index (χ4n) is 3.26. The van der Waals surface area contributed by atoms with Gasteiger partial charge in [0.1, 0.15) is 19.2 Å². The first-order chi connectivity index (χ1) is 17.2. The van der Waals surface area contributed by atoms with Crippen LogP contribution >= 0.6 is 34.5 Å². The molecule has 2 aromatic carbocycles. The number of carbonyl (C=O) groups excluding carboxylic acids is 2. The van der Waals surface area contributed by atoms with Crippen molar-refractivity contribution in [3.8, 4) is 17.3 Å². The number of amides is 2. The lowest BCUT2D eigenvalue weighted by Crippen LogP contribution is -2.40. The van der Waals surface area contributed by atoms with Crippen molar-refractivity contribution in [1.82, 2.24) is 10.3 Å². The highest BCUT2D eigenvalue weighted by molar-refractivity contribution is 7.14. The lowest BCUT2D eigenvalue weighted by molar-refractivity contribution is -0.121. The maximum Gasteiger partial charge on any atom is 0.411 e. The fourth-order valence-corrected chi connectivity index (χ4v) is 4.36. The maximum absolute atomic E-state index is 12.4. The van der Waals surface area contributed by atoms with Crippen LogP contribution in [0.3, 0.4) is 0 Å². The molecule has 3 aromatic rings. The summed E-state index contributed by atoms with van der Waals surface area (Å²) in [4.78, 5) is 29.3. The monoisotopic (exact) mass is 545 g/mol. The zero-order valence-corrected chi connectivity index (χ0v) is 22.0. The Hall–Kier alpha value is -3.32. The highest BCUT2D eigenvalue weighted by Gasteiger charge is 2.21. The molecule has 1 heterocycles. The Bertz CT molecular complexity index is 1260. The molecule has 0 saturated heterocycles. The predicted octanol–water partition coefficient (Wildman–Crippen LogP) is 6.33. The van der Waals surface area contributed by atoms with Crippen LogP contribution in [-0.2, 0) is 16.1 Å². The standard InChI is InChI=1S/C25H25Cl2N5O3S/c1-15(2)10-21(23(33)29-9-8-28)31-24-32-22(14-36-24)17-4-3-5-18(12-17)30-25(34)35-13-16-6-7-19(26)20(27)11-16/h3-7,11-12,14-15,21H,9-10,13H2,1-2H3,(H,29,33)(H,30,34)(H,31,32)/t21-/m0/s1. The molecule has 0 spiro atoms. The minimum Gasteiger partial charge on any atom is -0.444 e. The van der Waals surface area contributed by atoms with Gasteiger partial charge >= 0.3 is 6.09 Å². The van der Waals surface area contributed by atoms with Crippen molar-refractivity contribution < 1.29 is 14.3 Å². The Morgan fingerprint density at radius 1 is 1.17 bits per heavy atom. The number of nitriles is 1. The number of hydrogen-bond donors (Lipinski definition) is 3. The SMILES string of the molecule is CC(C)C[C@H](Nc1nc(-c2cccc(NC(=O)OCc3ccc(Cl)c(Cl)c3)c2)cs1)C(=O)NCC#N. The van der Waals surface area contributed by atoms with Gasteiger partial charge in [0.15, 0.2) is 5.13 Å². The van der Waals surface area contributed by atoms with Gasteiger partial charge in [0.05, 0.1) is 21.8 Å². The Kier molecular flexibility index (Phi) is 9.94. The summed E-state index contributed by atoms with van der Waals surface area (Å²) in [5.74, 6) is 0.0292. The number of aromatic nitrogens is 1. The normalized spacial score (nSPS) is 11.4. The summed E-state index contributed by atoms with van der Waals surface area (Å²) in [6, 6.07) is 13.6. The first kappa shape index (κ1) is 27.3. The quantitative estimate of drug-likeness (QED) is 0.256. The summed E-state index contributed by atoms with van der Waals surface area (Å²) in [7, 11) is 0. The minimum atomic E-state index is -0.612. The smallest absolute Gasteiger partial charge is 0.411 e. The van der Waals surface area contributed by atoms with Crippen LogP contribution in [0.1, 0.15) is 25.8 Å². The Morgan fingerprint density at radius 3 is 2.69 bits per heavy atom. The number of carbonyl (C=O) groups is 2. The third-order valence-corrected chi connectivity index (χ3v) is 6.44. The summed E-state index contributed by atoms with van der Waals surface area (Å²) in [6.07, 6.45) is -0.0191. The van der Waals surface area contributed by atoms with Crippen molar-refractivity contribution in [2.24, 2.45) is 5.92 Å². The lowest BCUT2D eigenvalue weighted by atomic mass is 10.0. The van der Waals surface area contributed by atoms with Crippen LogP contribution in [0.5, 0.6) is 0 Å². The number of hydrogen-bond acceptors (Lipinski definition) is 7. The number of benzene rings is 2. The number of halogens is 2. The van der Waals surface area contributed by atoms with Gasteiger partial charge in [-0.3, -0.25) is 10.1 Å². The van der Waals surface area contributed by atoms with Crippen LogP contribution in [0.2, 0.25) is 10.0 Å². The van der Waals surface area contributed by atoms with Gasteiger partial charge in [0.25, 0.3) is 0 Å². The number of nitrogens with one attached hydrogen (secondary N) is 3. The Balaban J connectivity index is 1.62. The molecule has 0 saturated carbocycles. The van der Waals surface area contributed by atoms with Gasteiger partial charge in [-0.25, -0.2) is 9.78 Å². The molecule has 188 valence electrons. The van der Waals surface area contributed by atoms with E-state index in [1.807, 2.05) is 31.4 Å². The van der Waals surface area contributed by atoms with Crippen LogP contribution in [0.25, 0.3) is 11.3 Å². The van der Waals surface area contributed by atoms with E-state index in [4.69, 9.17) is 33.2 Å². The molecule has 0 unspecified atom stereocenters. The van der Waals surface area contributed by atoms with Crippen molar-refractivity contribution in [3.63, 3.8) is 0 Å². The molecule has 0 aliphatic heterocycles. The van der Waals surface area contributed by atoms with Crippen LogP contribution < -0.4 is 16.0 Å². The molecular weight excluding hydrogens is 521 g/mol. The number of thiazole rings is 1. The second kappa shape index (κ2) is 13.1. The van der Waals surface area contributed by atoms with E-state index in [1.165, 1.54) is 11.3 Å². The first-order valence-corrected chi connectivity index (χ1v) is 12.7. The van der Waals surface area contributed by atoms with Gasteiger partial charge in [-0.05, 0) is 42.2 Å². The van der Waals surface area contributed by atoms with Gasteiger partial charge < -0.3 is 15.4 Å². The summed E-state index contributed by atoms with van der Waals surface area (Å²) in [5.41, 5.74) is 2.74. The molecule has 0 bridgehead atoms. The number of anilines is 2. The number of rotatable bonds is 10. The van der Waals surface area contributed by atoms with E-state index >= 15 is 0 Å². The molecule has 8 nitrogen and oxygen atoms in total. The first-order valence-electron chi connectivity index (χ1n) is 11.1. The van der Waals surface area contributed by atoms with Gasteiger partial charge in [-0.1, -0.05) is 55.2 Å². The van der Waals surface area contributed by atoms with Gasteiger partial charge in [-0.15, -0.1) is 11.3 Å².